The monoisotopic (exact) mass is 435 g/mol. The highest BCUT2D eigenvalue weighted by atomic mass is 16.2. The summed E-state index contributed by atoms with van der Waals surface area (Å²) < 4.78 is 0. The minimum Gasteiger partial charge on any atom is -0.356 e. The normalized spacial score (nSPS) is 18.2. The van der Waals surface area contributed by atoms with Crippen LogP contribution in [0.1, 0.15) is 61.3 Å². The van der Waals surface area contributed by atoms with E-state index in [2.05, 4.69) is 41.4 Å². The van der Waals surface area contributed by atoms with Crippen LogP contribution in [-0.4, -0.2) is 52.9 Å². The molecular formula is C25H33N5O2. The van der Waals surface area contributed by atoms with Gasteiger partial charge in [-0.15, -0.1) is 0 Å². The highest BCUT2D eigenvalue weighted by Gasteiger charge is 2.32. The predicted molar refractivity (Wildman–Crippen MR) is 124 cm³/mol. The molecule has 2 aliphatic heterocycles. The van der Waals surface area contributed by atoms with E-state index in [1.165, 1.54) is 18.1 Å². The van der Waals surface area contributed by atoms with Crippen LogP contribution < -0.4 is 10.2 Å². The van der Waals surface area contributed by atoms with Crippen LogP contribution in [-0.2, 0) is 22.4 Å². The van der Waals surface area contributed by atoms with Gasteiger partial charge in [-0.1, -0.05) is 30.3 Å². The lowest BCUT2D eigenvalue weighted by Crippen LogP contribution is -2.44. The number of hydrogen-bond donors (Lipinski definition) is 1. The number of aryl methyl sites for hydroxylation is 1. The zero-order valence-corrected chi connectivity index (χ0v) is 19.1. The van der Waals surface area contributed by atoms with Crippen molar-refractivity contribution < 1.29 is 9.59 Å². The summed E-state index contributed by atoms with van der Waals surface area (Å²) in [4.78, 5) is 38.3. The van der Waals surface area contributed by atoms with Crippen LogP contribution in [0.25, 0.3) is 0 Å². The maximum atomic E-state index is 12.8. The van der Waals surface area contributed by atoms with E-state index in [0.29, 0.717) is 6.54 Å². The van der Waals surface area contributed by atoms with Crippen LogP contribution in [0.5, 0.6) is 0 Å². The second-order valence-electron chi connectivity index (χ2n) is 8.80. The first kappa shape index (κ1) is 22.2. The molecule has 1 atom stereocenters. The van der Waals surface area contributed by atoms with E-state index in [1.54, 1.807) is 0 Å². The van der Waals surface area contributed by atoms with Crippen molar-refractivity contribution in [3.8, 4) is 0 Å². The third-order valence-electron chi connectivity index (χ3n) is 6.49. The summed E-state index contributed by atoms with van der Waals surface area (Å²) in [5, 5.41) is 2.64. The summed E-state index contributed by atoms with van der Waals surface area (Å²) in [6, 6.07) is 10.4. The maximum Gasteiger partial charge on any atom is 0.242 e. The van der Waals surface area contributed by atoms with Crippen molar-refractivity contribution in [2.45, 2.75) is 58.4 Å². The molecule has 170 valence electrons. The van der Waals surface area contributed by atoms with Crippen LogP contribution in [0, 0.1) is 6.92 Å². The molecule has 1 N–H and O–H groups in total. The number of carbonyl (C=O) groups excluding carboxylic acids is 2. The Morgan fingerprint density at radius 2 is 1.91 bits per heavy atom. The van der Waals surface area contributed by atoms with Crippen molar-refractivity contribution in [1.29, 1.82) is 0 Å². The van der Waals surface area contributed by atoms with Gasteiger partial charge in [0, 0.05) is 37.8 Å². The predicted octanol–water partition coefficient (Wildman–Crippen LogP) is 2.97. The number of benzene rings is 1. The Labute approximate surface area is 190 Å². The van der Waals surface area contributed by atoms with Gasteiger partial charge in [-0.25, -0.2) is 9.97 Å². The van der Waals surface area contributed by atoms with Crippen LogP contribution >= 0.6 is 0 Å². The van der Waals surface area contributed by atoms with Gasteiger partial charge in [0.1, 0.15) is 5.82 Å². The van der Waals surface area contributed by atoms with Crippen molar-refractivity contribution in [3.63, 3.8) is 0 Å². The van der Waals surface area contributed by atoms with Crippen LogP contribution in [0.3, 0.4) is 0 Å². The Bertz CT molecular complexity index is 962. The highest BCUT2D eigenvalue weighted by molar-refractivity contribution is 5.84. The van der Waals surface area contributed by atoms with Crippen molar-refractivity contribution in [2.75, 3.05) is 31.1 Å². The first-order valence-corrected chi connectivity index (χ1v) is 11.7. The number of likely N-dealkylation sites (tertiary alicyclic amines) is 1. The molecular weight excluding hydrogens is 402 g/mol. The van der Waals surface area contributed by atoms with Gasteiger partial charge in [-0.3, -0.25) is 9.59 Å². The number of nitrogens with zero attached hydrogens (tertiary/aromatic N) is 4. The highest BCUT2D eigenvalue weighted by Crippen LogP contribution is 2.33. The minimum atomic E-state index is -0.193. The summed E-state index contributed by atoms with van der Waals surface area (Å²) in [6.07, 6.45) is 5.95. The molecule has 2 amide bonds. The summed E-state index contributed by atoms with van der Waals surface area (Å²) in [7, 11) is 0. The Morgan fingerprint density at radius 3 is 2.69 bits per heavy atom. The van der Waals surface area contributed by atoms with Crippen molar-refractivity contribution in [3.05, 3.63) is 53.0 Å². The molecule has 2 aliphatic rings. The van der Waals surface area contributed by atoms with E-state index in [-0.39, 0.29) is 24.4 Å². The minimum absolute atomic E-state index is 0.0267. The number of nitrogens with one attached hydrogen (secondary N) is 1. The lowest BCUT2D eigenvalue weighted by atomic mass is 9.99. The van der Waals surface area contributed by atoms with Crippen LogP contribution in [0.15, 0.2) is 30.3 Å². The zero-order chi connectivity index (χ0) is 22.5. The summed E-state index contributed by atoms with van der Waals surface area (Å²) >= 11 is 0. The number of piperidine rings is 1. The SMILES string of the molecule is CC(=O)NCC(=O)N1CCCC[C@@H]1c1nc(C)c2c(n1)N(CCc1ccccc1)CCC2. The second kappa shape index (κ2) is 10.1. The standard InChI is InChI=1S/C25H33N5O2/c1-18-21-11-8-14-29(16-13-20-9-4-3-5-10-20)25(21)28-24(27-18)22-12-6-7-15-30(22)23(32)17-26-19(2)31/h3-5,9-10,22H,6-8,11-17H2,1-2H3,(H,26,31)/t22-/m1/s1. The second-order valence-corrected chi connectivity index (χ2v) is 8.80. The summed E-state index contributed by atoms with van der Waals surface area (Å²) in [5.74, 6) is 1.52. The fraction of sp³-hybridized carbons (Fsp3) is 0.520. The Balaban J connectivity index is 1.57. The van der Waals surface area contributed by atoms with Gasteiger partial charge in [0.05, 0.1) is 12.6 Å². The molecule has 0 radical (unpaired) electrons. The smallest absolute Gasteiger partial charge is 0.242 e. The Hall–Kier alpha value is -2.96. The molecule has 0 unspecified atom stereocenters. The number of fused-ring (bicyclic) bond motifs is 1. The lowest BCUT2D eigenvalue weighted by molar-refractivity contribution is -0.136. The first-order chi connectivity index (χ1) is 15.5. The van der Waals surface area contributed by atoms with Gasteiger partial charge < -0.3 is 15.1 Å². The Kier molecular flexibility index (Phi) is 7.02. The van der Waals surface area contributed by atoms with E-state index in [9.17, 15) is 9.59 Å². The molecule has 1 saturated heterocycles. The molecule has 7 nitrogen and oxygen atoms in total. The van der Waals surface area contributed by atoms with Gasteiger partial charge >= 0.3 is 0 Å². The molecule has 4 rings (SSSR count). The average molecular weight is 436 g/mol. The number of rotatable bonds is 6. The molecule has 0 bridgehead atoms. The number of amides is 2. The Morgan fingerprint density at radius 1 is 1.09 bits per heavy atom. The van der Waals surface area contributed by atoms with E-state index < -0.39 is 0 Å². The van der Waals surface area contributed by atoms with E-state index in [4.69, 9.17) is 9.97 Å². The molecule has 1 aromatic heterocycles. The van der Waals surface area contributed by atoms with E-state index in [1.807, 2.05) is 11.0 Å². The molecule has 7 heteroatoms. The largest absolute Gasteiger partial charge is 0.356 e. The van der Waals surface area contributed by atoms with Gasteiger partial charge in [0.2, 0.25) is 11.8 Å². The van der Waals surface area contributed by atoms with Crippen molar-refractivity contribution >= 4 is 17.6 Å². The van der Waals surface area contributed by atoms with Crippen molar-refractivity contribution in [2.24, 2.45) is 0 Å². The first-order valence-electron chi connectivity index (χ1n) is 11.7. The zero-order valence-electron chi connectivity index (χ0n) is 19.1. The lowest BCUT2D eigenvalue weighted by Gasteiger charge is -2.37. The van der Waals surface area contributed by atoms with Crippen molar-refractivity contribution in [1.82, 2.24) is 20.2 Å². The van der Waals surface area contributed by atoms with Gasteiger partial charge in [0.25, 0.3) is 0 Å². The molecule has 3 heterocycles. The number of hydrogen-bond acceptors (Lipinski definition) is 5. The molecule has 1 fully saturated rings. The molecule has 2 aromatic rings. The molecule has 32 heavy (non-hydrogen) atoms. The fourth-order valence-corrected chi connectivity index (χ4v) is 4.78. The van der Waals surface area contributed by atoms with Gasteiger partial charge in [0.15, 0.2) is 5.82 Å². The molecule has 0 aliphatic carbocycles. The molecule has 0 spiro atoms. The number of aromatic nitrogens is 2. The number of carbonyl (C=O) groups is 2. The average Bonchev–Trinajstić information content (AvgIpc) is 2.82. The summed E-state index contributed by atoms with van der Waals surface area (Å²) in [5.41, 5.74) is 3.59. The topological polar surface area (TPSA) is 78.4 Å². The fourth-order valence-electron chi connectivity index (χ4n) is 4.78. The molecule has 0 saturated carbocycles. The van der Waals surface area contributed by atoms with Gasteiger partial charge in [-0.05, 0) is 51.0 Å². The third kappa shape index (κ3) is 5.09. The quantitative estimate of drug-likeness (QED) is 0.755. The number of anilines is 1. The van der Waals surface area contributed by atoms with Crippen LogP contribution in [0.4, 0.5) is 5.82 Å². The molecule has 1 aromatic carbocycles. The van der Waals surface area contributed by atoms with E-state index in [0.717, 1.165) is 69.0 Å². The van der Waals surface area contributed by atoms with E-state index >= 15 is 0 Å². The third-order valence-corrected chi connectivity index (χ3v) is 6.49. The van der Waals surface area contributed by atoms with Gasteiger partial charge in [-0.2, -0.15) is 0 Å². The maximum absolute atomic E-state index is 12.8. The summed E-state index contributed by atoms with van der Waals surface area (Å²) in [6.45, 7) is 6.12. The van der Waals surface area contributed by atoms with Crippen LogP contribution in [0.2, 0.25) is 0 Å².